The van der Waals surface area contributed by atoms with Crippen molar-refractivity contribution < 1.29 is 0 Å². The molecule has 0 aliphatic rings. The van der Waals surface area contributed by atoms with E-state index in [-0.39, 0.29) is 0 Å². The second-order valence-electron chi connectivity index (χ2n) is 2.80. The Kier molecular flexibility index (Phi) is 3.84. The van der Waals surface area contributed by atoms with Gasteiger partial charge in [0.1, 0.15) is 5.40 Å². The first-order valence-electron chi connectivity index (χ1n) is 3.94. The molecule has 0 spiro atoms. The summed E-state index contributed by atoms with van der Waals surface area (Å²) in [4.78, 5) is 4.85. The molecule has 0 unspecified atom stereocenters. The van der Waals surface area contributed by atoms with Gasteiger partial charge in [-0.25, -0.2) is 0 Å². The van der Waals surface area contributed by atoms with Gasteiger partial charge in [-0.15, -0.1) is 0 Å². The molecule has 2 nitrogen and oxygen atoms in total. The van der Waals surface area contributed by atoms with Crippen molar-refractivity contribution in [2.24, 2.45) is 4.99 Å². The summed E-state index contributed by atoms with van der Waals surface area (Å²) in [6.07, 6.45) is 0. The van der Waals surface area contributed by atoms with Gasteiger partial charge in [-0.1, -0.05) is 6.07 Å². The van der Waals surface area contributed by atoms with Gasteiger partial charge in [0.2, 0.25) is 0 Å². The van der Waals surface area contributed by atoms with E-state index in [1.54, 1.807) is 0 Å². The maximum atomic E-state index is 8.58. The summed E-state index contributed by atoms with van der Waals surface area (Å²) in [5.41, 5.74) is 2.91. The molecule has 1 aromatic rings. The molecule has 0 fully saturated rings. The van der Waals surface area contributed by atoms with Crippen molar-refractivity contribution in [3.05, 3.63) is 23.3 Å². The van der Waals surface area contributed by atoms with Crippen LogP contribution in [0.4, 0.5) is 5.69 Å². The predicted octanol–water partition coefficient (Wildman–Crippen LogP) is 3.61. The van der Waals surface area contributed by atoms with E-state index in [9.17, 15) is 0 Å². The Labute approximate surface area is 92.7 Å². The van der Waals surface area contributed by atoms with E-state index in [4.69, 9.17) is 5.26 Å². The number of aliphatic imine (C=N–C) groups is 1. The smallest absolute Gasteiger partial charge is 0.138 e. The molecule has 1 aromatic carbocycles. The minimum atomic E-state index is 0.781. The lowest BCUT2D eigenvalue weighted by molar-refractivity contribution is 1.25. The molecule has 0 N–H and O–H groups in total. The van der Waals surface area contributed by atoms with Gasteiger partial charge in [0, 0.05) is 4.90 Å². The molecular formula is C10H8N2S2. The minimum Gasteiger partial charge on any atom is -0.194 e. The zero-order valence-electron chi connectivity index (χ0n) is 7.87. The third-order valence-corrected chi connectivity index (χ3v) is 2.66. The summed E-state index contributed by atoms with van der Waals surface area (Å²) in [6.45, 7) is 3.93. The zero-order valence-corrected chi connectivity index (χ0v) is 9.50. The molecule has 0 bridgehead atoms. The lowest BCUT2D eigenvalue weighted by atomic mass is 10.1. The van der Waals surface area contributed by atoms with Gasteiger partial charge >= 0.3 is 0 Å². The second-order valence-corrected chi connectivity index (χ2v) is 3.81. The van der Waals surface area contributed by atoms with E-state index in [1.807, 2.05) is 31.4 Å². The van der Waals surface area contributed by atoms with Gasteiger partial charge in [0.15, 0.2) is 0 Å². The average molecular weight is 220 g/mol. The number of aryl methyl sites for hydroxylation is 2. The van der Waals surface area contributed by atoms with Gasteiger partial charge < -0.3 is 0 Å². The van der Waals surface area contributed by atoms with Crippen LogP contribution in [0, 0.1) is 24.5 Å². The van der Waals surface area contributed by atoms with Crippen LogP contribution < -0.4 is 0 Å². The number of thiocarbonyl (C=S) groups is 1. The normalized spacial score (nSPS) is 8.93. The second kappa shape index (κ2) is 4.92. The van der Waals surface area contributed by atoms with Crippen molar-refractivity contribution in [3.8, 4) is 5.40 Å². The molecule has 1 rings (SSSR count). The monoisotopic (exact) mass is 220 g/mol. The Balaban J connectivity index is 3.27. The number of thioether (sulfide) groups is 1. The van der Waals surface area contributed by atoms with Crippen LogP contribution in [-0.4, -0.2) is 5.16 Å². The fourth-order valence-corrected chi connectivity index (χ4v) is 1.74. The SMILES string of the molecule is Cc1cc(C)c(SC#N)cc1N=C=S. The average Bonchev–Trinajstić information content (AvgIpc) is 2.14. The fraction of sp³-hybridized carbons (Fsp3) is 0.200. The Morgan fingerprint density at radius 3 is 2.64 bits per heavy atom. The van der Waals surface area contributed by atoms with Crippen LogP contribution in [0.2, 0.25) is 0 Å². The van der Waals surface area contributed by atoms with Crippen LogP contribution in [-0.2, 0) is 0 Å². The molecule has 0 atom stereocenters. The lowest BCUT2D eigenvalue weighted by Crippen LogP contribution is -1.82. The van der Waals surface area contributed by atoms with Crippen LogP contribution in [0.3, 0.4) is 0 Å². The zero-order chi connectivity index (χ0) is 10.6. The molecule has 14 heavy (non-hydrogen) atoms. The highest BCUT2D eigenvalue weighted by Gasteiger charge is 2.03. The minimum absolute atomic E-state index is 0.781. The molecule has 0 amide bonds. The number of isothiocyanates is 1. The molecule has 70 valence electrons. The molecule has 0 heterocycles. The number of hydrogen-bond donors (Lipinski definition) is 0. The van der Waals surface area contributed by atoms with E-state index in [0.29, 0.717) is 0 Å². The maximum absolute atomic E-state index is 8.58. The third kappa shape index (κ3) is 2.43. The van der Waals surface area contributed by atoms with Crippen LogP contribution >= 0.6 is 24.0 Å². The van der Waals surface area contributed by atoms with Crippen LogP contribution in [0.15, 0.2) is 22.0 Å². The molecular weight excluding hydrogens is 212 g/mol. The molecule has 0 saturated heterocycles. The largest absolute Gasteiger partial charge is 0.194 e. The van der Waals surface area contributed by atoms with Crippen molar-refractivity contribution in [3.63, 3.8) is 0 Å². The molecule has 0 radical (unpaired) electrons. The number of benzene rings is 1. The van der Waals surface area contributed by atoms with Crippen molar-refractivity contribution in [1.82, 2.24) is 0 Å². The van der Waals surface area contributed by atoms with E-state index in [0.717, 1.165) is 33.5 Å². The molecule has 0 saturated carbocycles. The number of hydrogen-bond acceptors (Lipinski definition) is 4. The summed E-state index contributed by atoms with van der Waals surface area (Å²) in [7, 11) is 0. The highest BCUT2D eigenvalue weighted by molar-refractivity contribution is 8.03. The number of nitrogens with zero attached hydrogens (tertiary/aromatic N) is 2. The van der Waals surface area contributed by atoms with Gasteiger partial charge in [0.05, 0.1) is 10.8 Å². The van der Waals surface area contributed by atoms with E-state index < -0.39 is 0 Å². The summed E-state index contributed by atoms with van der Waals surface area (Å²) in [5.74, 6) is 0. The Morgan fingerprint density at radius 2 is 2.07 bits per heavy atom. The highest BCUT2D eigenvalue weighted by Crippen LogP contribution is 2.29. The quantitative estimate of drug-likeness (QED) is 0.330. The van der Waals surface area contributed by atoms with Gasteiger partial charge in [-0.05, 0) is 55.0 Å². The van der Waals surface area contributed by atoms with Gasteiger partial charge in [0.25, 0.3) is 0 Å². The molecule has 0 aliphatic heterocycles. The van der Waals surface area contributed by atoms with Crippen molar-refractivity contribution in [1.29, 1.82) is 5.26 Å². The lowest BCUT2D eigenvalue weighted by Gasteiger charge is -2.04. The first kappa shape index (κ1) is 10.9. The molecule has 4 heteroatoms. The van der Waals surface area contributed by atoms with E-state index >= 15 is 0 Å². The number of rotatable bonds is 2. The first-order valence-corrected chi connectivity index (χ1v) is 5.16. The third-order valence-electron chi connectivity index (χ3n) is 1.82. The van der Waals surface area contributed by atoms with Crippen molar-refractivity contribution in [2.75, 3.05) is 0 Å². The summed E-state index contributed by atoms with van der Waals surface area (Å²) in [5, 5.41) is 13.0. The first-order chi connectivity index (χ1) is 6.69. The molecule has 0 aliphatic carbocycles. The van der Waals surface area contributed by atoms with Gasteiger partial charge in [-0.3, -0.25) is 0 Å². The highest BCUT2D eigenvalue weighted by atomic mass is 32.2. The predicted molar refractivity (Wildman–Crippen MR) is 62.1 cm³/mol. The molecule has 0 aromatic heterocycles. The fourth-order valence-electron chi connectivity index (χ4n) is 1.15. The summed E-state index contributed by atoms with van der Waals surface area (Å²) >= 11 is 5.68. The van der Waals surface area contributed by atoms with Crippen molar-refractivity contribution >= 4 is 34.8 Å². The summed E-state index contributed by atoms with van der Waals surface area (Å²) in [6, 6.07) is 3.85. The van der Waals surface area contributed by atoms with Gasteiger partial charge in [-0.2, -0.15) is 10.3 Å². The Hall–Kier alpha value is -1.14. The van der Waals surface area contributed by atoms with Crippen LogP contribution in [0.5, 0.6) is 0 Å². The van der Waals surface area contributed by atoms with Crippen LogP contribution in [0.25, 0.3) is 0 Å². The van der Waals surface area contributed by atoms with E-state index in [2.05, 4.69) is 22.4 Å². The van der Waals surface area contributed by atoms with Crippen molar-refractivity contribution in [2.45, 2.75) is 18.7 Å². The maximum Gasteiger partial charge on any atom is 0.138 e. The Morgan fingerprint density at radius 1 is 1.36 bits per heavy atom. The van der Waals surface area contributed by atoms with Crippen LogP contribution in [0.1, 0.15) is 11.1 Å². The number of thiocyanates is 1. The Bertz CT molecular complexity index is 440. The standard InChI is InChI=1S/C10H8N2S2/c1-7-3-8(2)10(14-5-11)4-9(7)12-6-13/h3-4H,1-2H3. The topological polar surface area (TPSA) is 36.1 Å². The number of nitriles is 1. The van der Waals surface area contributed by atoms with E-state index in [1.165, 1.54) is 0 Å². The summed E-state index contributed by atoms with van der Waals surface area (Å²) < 4.78 is 0.